The van der Waals surface area contributed by atoms with E-state index in [1.807, 2.05) is 6.07 Å². The lowest BCUT2D eigenvalue weighted by atomic mass is 10.2. The average molecular weight is 328 g/mol. The van der Waals surface area contributed by atoms with Gasteiger partial charge in [0.15, 0.2) is 11.4 Å². The van der Waals surface area contributed by atoms with E-state index in [4.69, 9.17) is 9.57 Å². The maximum Gasteiger partial charge on any atom is 0.229 e. The number of ether oxygens (including phenoxy) is 1. The van der Waals surface area contributed by atoms with E-state index >= 15 is 0 Å². The van der Waals surface area contributed by atoms with Crippen molar-refractivity contribution >= 4 is 28.6 Å². The highest BCUT2D eigenvalue weighted by Gasteiger charge is 2.22. The van der Waals surface area contributed by atoms with Gasteiger partial charge in [0, 0.05) is 31.5 Å². The molecule has 2 N–H and O–H groups in total. The van der Waals surface area contributed by atoms with Crippen molar-refractivity contribution in [2.24, 2.45) is 0 Å². The summed E-state index contributed by atoms with van der Waals surface area (Å²) in [6.07, 6.45) is 5.07. The van der Waals surface area contributed by atoms with Crippen LogP contribution in [0.1, 0.15) is 6.92 Å². The van der Waals surface area contributed by atoms with Crippen LogP contribution in [-0.2, 0) is 9.63 Å². The molecule has 1 amide bonds. The Kier molecular flexibility index (Phi) is 4.41. The van der Waals surface area contributed by atoms with Crippen molar-refractivity contribution in [3.63, 3.8) is 0 Å². The Bertz CT molecular complexity index is 877. The lowest BCUT2D eigenvalue weighted by molar-refractivity contribution is -0.830. The zero-order chi connectivity index (χ0) is 17.1. The topological polar surface area (TPSA) is 85.6 Å². The molecule has 24 heavy (non-hydrogen) atoms. The predicted molar refractivity (Wildman–Crippen MR) is 87.4 cm³/mol. The number of hydrogen-bond donors (Lipinski definition) is 1. The molecule has 0 unspecified atom stereocenters. The number of aromatic nitrogens is 3. The van der Waals surface area contributed by atoms with Crippen LogP contribution in [0.2, 0.25) is 0 Å². The summed E-state index contributed by atoms with van der Waals surface area (Å²) in [4.78, 5) is 23.2. The monoisotopic (exact) mass is 328 g/mol. The Morgan fingerprint density at radius 2 is 2.08 bits per heavy atom. The van der Waals surface area contributed by atoms with Gasteiger partial charge in [-0.25, -0.2) is 14.3 Å². The molecule has 0 aromatic carbocycles. The summed E-state index contributed by atoms with van der Waals surface area (Å²) in [6.45, 7) is 1.48. The lowest BCUT2D eigenvalue weighted by Crippen LogP contribution is -2.75. The van der Waals surface area contributed by atoms with Crippen LogP contribution in [0, 0.1) is 0 Å². The highest BCUT2D eigenvalue weighted by Crippen LogP contribution is 2.36. The third-order valence-electron chi connectivity index (χ3n) is 3.52. The first-order valence-electron chi connectivity index (χ1n) is 7.29. The molecule has 0 saturated heterocycles. The Hall–Kier alpha value is -2.97. The molecule has 0 bridgehead atoms. The first-order valence-corrected chi connectivity index (χ1v) is 7.29. The maximum absolute atomic E-state index is 12.3. The average Bonchev–Trinajstić information content (AvgIpc) is 3.04. The molecule has 3 heterocycles. The van der Waals surface area contributed by atoms with Crippen LogP contribution in [0.3, 0.4) is 0 Å². The van der Waals surface area contributed by atoms with E-state index in [1.165, 1.54) is 11.8 Å². The number of rotatable bonds is 5. The summed E-state index contributed by atoms with van der Waals surface area (Å²) in [6, 6.07) is 7.16. The number of hydrogen-bond acceptors (Lipinski definition) is 5. The van der Waals surface area contributed by atoms with Crippen molar-refractivity contribution in [3.8, 4) is 5.75 Å². The second kappa shape index (κ2) is 6.65. The number of carbonyl (C=O) groups excluding carboxylic acids is 1. The van der Waals surface area contributed by atoms with E-state index in [2.05, 4.69) is 10.1 Å². The summed E-state index contributed by atoms with van der Waals surface area (Å²) in [5, 5.41) is 4.18. The third-order valence-corrected chi connectivity index (χ3v) is 3.52. The molecule has 8 heteroatoms. The van der Waals surface area contributed by atoms with E-state index in [1.54, 1.807) is 61.0 Å². The molecule has 8 nitrogen and oxygen atoms in total. The molecule has 0 aliphatic rings. The molecule has 3 aromatic rings. The fourth-order valence-corrected chi connectivity index (χ4v) is 2.57. The Morgan fingerprint density at radius 3 is 2.79 bits per heavy atom. The van der Waals surface area contributed by atoms with E-state index in [-0.39, 0.29) is 5.91 Å². The number of anilines is 2. The van der Waals surface area contributed by atoms with Crippen LogP contribution in [0.25, 0.3) is 5.52 Å². The summed E-state index contributed by atoms with van der Waals surface area (Å²) in [5.74, 6) is 0.850. The zero-order valence-electron chi connectivity index (χ0n) is 13.6. The van der Waals surface area contributed by atoms with Gasteiger partial charge in [-0.3, -0.25) is 9.69 Å². The first-order chi connectivity index (χ1) is 11.7. The molecule has 0 aliphatic heterocycles. The number of carbonyl (C=O) groups is 1. The minimum absolute atomic E-state index is 0.181. The number of amides is 1. The Balaban J connectivity index is 2.15. The summed E-state index contributed by atoms with van der Waals surface area (Å²) >= 11 is 0. The molecule has 0 spiro atoms. The van der Waals surface area contributed by atoms with Gasteiger partial charge in [-0.1, -0.05) is 0 Å². The van der Waals surface area contributed by atoms with Gasteiger partial charge >= 0.3 is 0 Å². The smallest absolute Gasteiger partial charge is 0.229 e. The van der Waals surface area contributed by atoms with Gasteiger partial charge in [0.25, 0.3) is 0 Å². The number of nitrogens with zero attached hydrogens (tertiary/aromatic N) is 4. The van der Waals surface area contributed by atoms with E-state index in [0.29, 0.717) is 17.3 Å². The predicted octanol–water partition coefficient (Wildman–Crippen LogP) is 1.18. The fourth-order valence-electron chi connectivity index (χ4n) is 2.57. The number of pyridine rings is 2. The normalized spacial score (nSPS) is 10.8. The van der Waals surface area contributed by atoms with Gasteiger partial charge in [-0.15, -0.1) is 0 Å². The molecular formula is C16H18N5O3+. The quantitative estimate of drug-likeness (QED) is 0.711. The van der Waals surface area contributed by atoms with Crippen LogP contribution in [0.15, 0.2) is 42.9 Å². The van der Waals surface area contributed by atoms with Gasteiger partial charge in [0.2, 0.25) is 5.91 Å². The molecule has 3 aromatic heterocycles. The maximum atomic E-state index is 12.3. The molecule has 0 saturated carbocycles. The van der Waals surface area contributed by atoms with E-state index < -0.39 is 0 Å². The lowest BCUT2D eigenvalue weighted by Gasteiger charge is -2.22. The molecule has 0 radical (unpaired) electrons. The Morgan fingerprint density at radius 1 is 1.25 bits per heavy atom. The van der Waals surface area contributed by atoms with Crippen molar-refractivity contribution < 1.29 is 19.8 Å². The standard InChI is InChI=1S/C16H17N5O3/c1-11(22)21(15-10-12(19-24-3)4-7-17-15)14-6-9-20-13(5-8-18-20)16(14)23-2/h4-10H,1-3H3,(H,17,19)/p+1. The highest BCUT2D eigenvalue weighted by molar-refractivity contribution is 6.01. The van der Waals surface area contributed by atoms with Crippen LogP contribution in [0.5, 0.6) is 5.75 Å². The van der Waals surface area contributed by atoms with E-state index in [0.717, 1.165) is 11.2 Å². The second-order valence-corrected chi connectivity index (χ2v) is 5.05. The van der Waals surface area contributed by atoms with Crippen molar-refractivity contribution in [2.45, 2.75) is 6.92 Å². The van der Waals surface area contributed by atoms with Gasteiger partial charge < -0.3 is 4.74 Å². The number of methoxy groups -OCH3 is 1. The first kappa shape index (κ1) is 15.9. The molecule has 0 atom stereocenters. The highest BCUT2D eigenvalue weighted by atomic mass is 16.6. The Labute approximate surface area is 138 Å². The van der Waals surface area contributed by atoms with Gasteiger partial charge in [-0.05, 0) is 12.1 Å². The van der Waals surface area contributed by atoms with Crippen molar-refractivity contribution in [1.29, 1.82) is 0 Å². The molecule has 0 aliphatic carbocycles. The van der Waals surface area contributed by atoms with Gasteiger partial charge in [-0.2, -0.15) is 10.6 Å². The van der Waals surface area contributed by atoms with Crippen molar-refractivity contribution in [3.05, 3.63) is 42.9 Å². The number of quaternary nitrogens is 1. The van der Waals surface area contributed by atoms with Crippen LogP contribution in [-0.4, -0.2) is 34.7 Å². The number of nitrogens with two attached hydrogens (primary N) is 1. The third kappa shape index (κ3) is 2.80. The number of fused-ring (bicyclic) bond motifs is 1. The second-order valence-electron chi connectivity index (χ2n) is 5.05. The SMILES string of the molecule is CO[NH2+]c1ccnc(N(C(C)=O)c2ccn3nccc3c2OC)c1. The van der Waals surface area contributed by atoms with Crippen molar-refractivity contribution in [1.82, 2.24) is 14.6 Å². The zero-order valence-corrected chi connectivity index (χ0v) is 13.6. The minimum atomic E-state index is -0.181. The van der Waals surface area contributed by atoms with E-state index in [9.17, 15) is 4.79 Å². The van der Waals surface area contributed by atoms with Crippen LogP contribution >= 0.6 is 0 Å². The van der Waals surface area contributed by atoms with Crippen LogP contribution < -0.4 is 15.1 Å². The molecular weight excluding hydrogens is 310 g/mol. The molecule has 3 rings (SSSR count). The fraction of sp³-hybridized carbons (Fsp3) is 0.188. The van der Waals surface area contributed by atoms with Crippen LogP contribution in [0.4, 0.5) is 17.2 Å². The van der Waals surface area contributed by atoms with Gasteiger partial charge in [0.1, 0.15) is 11.3 Å². The molecule has 0 fully saturated rings. The summed E-state index contributed by atoms with van der Waals surface area (Å²) < 4.78 is 7.22. The van der Waals surface area contributed by atoms with Crippen molar-refractivity contribution in [2.75, 3.05) is 19.1 Å². The molecule has 124 valence electrons. The minimum Gasteiger partial charge on any atom is -0.492 e. The van der Waals surface area contributed by atoms with Gasteiger partial charge in [0.05, 0.1) is 26.1 Å². The largest absolute Gasteiger partial charge is 0.492 e. The summed E-state index contributed by atoms with van der Waals surface area (Å²) in [7, 11) is 3.13. The summed E-state index contributed by atoms with van der Waals surface area (Å²) in [5.41, 5.74) is 3.75.